The number of primary amides is 1. The summed E-state index contributed by atoms with van der Waals surface area (Å²) in [5, 5.41) is 10.8. The lowest BCUT2D eigenvalue weighted by molar-refractivity contribution is -0.127. The van der Waals surface area contributed by atoms with Crippen LogP contribution >= 0.6 is 11.3 Å². The van der Waals surface area contributed by atoms with Gasteiger partial charge in [0.2, 0.25) is 16.9 Å². The molecule has 0 spiro atoms. The molecule has 24 heavy (non-hydrogen) atoms. The number of benzene rings is 1. The molecule has 2 heterocycles. The molecule has 0 saturated carbocycles. The fourth-order valence-electron chi connectivity index (χ4n) is 3.08. The maximum absolute atomic E-state index is 12.4. The van der Waals surface area contributed by atoms with Crippen molar-refractivity contribution in [1.29, 1.82) is 0 Å². The Morgan fingerprint density at radius 1 is 1.33 bits per heavy atom. The molecule has 1 aliphatic rings. The van der Waals surface area contributed by atoms with E-state index >= 15 is 0 Å². The van der Waals surface area contributed by atoms with Crippen LogP contribution in [0, 0.1) is 5.92 Å². The summed E-state index contributed by atoms with van der Waals surface area (Å²) in [4.78, 5) is 26.4. The standard InChI is InChI=1S/C16H19N5O2S/c17-14(22)13(11-5-2-1-3-6-11)21-8-4-7-12(9-21)15(23)19-16-20-18-10-24-16/h1-3,5-6,10,12-13H,4,7-9H2,(H2,17,22)(H,19,20,23)/t12-,13-/m1/s1. The van der Waals surface area contributed by atoms with Crippen molar-refractivity contribution in [3.63, 3.8) is 0 Å². The van der Waals surface area contributed by atoms with Crippen molar-refractivity contribution in [2.45, 2.75) is 18.9 Å². The highest BCUT2D eigenvalue weighted by Gasteiger charge is 2.33. The lowest BCUT2D eigenvalue weighted by atomic mass is 9.94. The molecule has 2 amide bonds. The van der Waals surface area contributed by atoms with Crippen molar-refractivity contribution in [1.82, 2.24) is 15.1 Å². The van der Waals surface area contributed by atoms with Gasteiger partial charge in [-0.3, -0.25) is 14.5 Å². The SMILES string of the molecule is NC(=O)[C@@H](c1ccccc1)N1CCC[C@@H](C(=O)Nc2nncs2)C1. The van der Waals surface area contributed by atoms with Crippen molar-refractivity contribution in [3.8, 4) is 0 Å². The van der Waals surface area contributed by atoms with E-state index in [4.69, 9.17) is 5.73 Å². The minimum atomic E-state index is -0.511. The number of nitrogens with zero attached hydrogens (tertiary/aromatic N) is 3. The molecule has 126 valence electrons. The van der Waals surface area contributed by atoms with Gasteiger partial charge < -0.3 is 11.1 Å². The molecule has 3 N–H and O–H groups in total. The average molecular weight is 345 g/mol. The second-order valence-electron chi connectivity index (χ2n) is 5.78. The van der Waals surface area contributed by atoms with E-state index in [1.165, 1.54) is 11.3 Å². The molecule has 8 heteroatoms. The number of hydrogen-bond donors (Lipinski definition) is 2. The highest BCUT2D eigenvalue weighted by atomic mass is 32.1. The summed E-state index contributed by atoms with van der Waals surface area (Å²) in [6.07, 6.45) is 1.62. The van der Waals surface area contributed by atoms with Crippen LogP contribution in [-0.2, 0) is 9.59 Å². The van der Waals surface area contributed by atoms with Gasteiger partial charge in [-0.2, -0.15) is 0 Å². The first-order valence-corrected chi connectivity index (χ1v) is 8.68. The number of hydrogen-bond acceptors (Lipinski definition) is 6. The molecule has 1 saturated heterocycles. The number of rotatable bonds is 5. The Morgan fingerprint density at radius 2 is 2.12 bits per heavy atom. The van der Waals surface area contributed by atoms with Crippen molar-refractivity contribution < 1.29 is 9.59 Å². The van der Waals surface area contributed by atoms with Crippen LogP contribution < -0.4 is 11.1 Å². The Kier molecular flexibility index (Phi) is 5.17. The van der Waals surface area contributed by atoms with Gasteiger partial charge >= 0.3 is 0 Å². The molecule has 7 nitrogen and oxygen atoms in total. The molecule has 3 rings (SSSR count). The van der Waals surface area contributed by atoms with Gasteiger partial charge in [-0.1, -0.05) is 41.7 Å². The van der Waals surface area contributed by atoms with Crippen LogP contribution in [0.3, 0.4) is 0 Å². The maximum atomic E-state index is 12.4. The summed E-state index contributed by atoms with van der Waals surface area (Å²) in [7, 11) is 0. The molecule has 0 radical (unpaired) electrons. The van der Waals surface area contributed by atoms with Gasteiger partial charge in [0.1, 0.15) is 11.6 Å². The Labute approximate surface area is 143 Å². The molecule has 2 aromatic rings. The maximum Gasteiger partial charge on any atom is 0.239 e. The zero-order chi connectivity index (χ0) is 16.9. The fraction of sp³-hybridized carbons (Fsp3) is 0.375. The third kappa shape index (κ3) is 3.77. The van der Waals surface area contributed by atoms with E-state index in [1.807, 2.05) is 35.2 Å². The van der Waals surface area contributed by atoms with Gasteiger partial charge in [0, 0.05) is 6.54 Å². The highest BCUT2D eigenvalue weighted by Crippen LogP contribution is 2.27. The number of carbonyl (C=O) groups is 2. The van der Waals surface area contributed by atoms with Gasteiger partial charge in [-0.25, -0.2) is 0 Å². The summed E-state index contributed by atoms with van der Waals surface area (Å²) < 4.78 is 0. The van der Waals surface area contributed by atoms with E-state index in [1.54, 1.807) is 5.51 Å². The summed E-state index contributed by atoms with van der Waals surface area (Å²) in [6, 6.07) is 8.93. The van der Waals surface area contributed by atoms with Crippen LogP contribution in [0.2, 0.25) is 0 Å². The number of amides is 2. The van der Waals surface area contributed by atoms with E-state index in [-0.39, 0.29) is 11.8 Å². The largest absolute Gasteiger partial charge is 0.368 e. The number of nitrogens with two attached hydrogens (primary N) is 1. The second-order valence-corrected chi connectivity index (χ2v) is 6.62. The predicted octanol–water partition coefficient (Wildman–Crippen LogP) is 1.42. The van der Waals surface area contributed by atoms with Crippen LogP contribution in [0.15, 0.2) is 35.8 Å². The number of carbonyl (C=O) groups excluding carboxylic acids is 2. The fourth-order valence-corrected chi connectivity index (χ4v) is 3.53. The van der Waals surface area contributed by atoms with Gasteiger partial charge in [0.25, 0.3) is 0 Å². The number of aromatic nitrogens is 2. The van der Waals surface area contributed by atoms with Crippen molar-refractivity contribution in [2.24, 2.45) is 11.7 Å². The second kappa shape index (κ2) is 7.50. The molecule has 1 aliphatic heterocycles. The third-order valence-corrected chi connectivity index (χ3v) is 4.77. The van der Waals surface area contributed by atoms with Crippen LogP contribution in [0.25, 0.3) is 0 Å². The first-order valence-electron chi connectivity index (χ1n) is 7.80. The summed E-state index contributed by atoms with van der Waals surface area (Å²) >= 11 is 1.28. The molecule has 0 bridgehead atoms. The zero-order valence-electron chi connectivity index (χ0n) is 13.1. The molecular formula is C16H19N5O2S. The smallest absolute Gasteiger partial charge is 0.239 e. The number of likely N-dealkylation sites (tertiary alicyclic amines) is 1. The van der Waals surface area contributed by atoms with E-state index in [2.05, 4.69) is 15.5 Å². The molecule has 1 fully saturated rings. The van der Waals surface area contributed by atoms with Gasteiger partial charge in [0.15, 0.2) is 0 Å². The van der Waals surface area contributed by atoms with Gasteiger partial charge in [-0.05, 0) is 24.9 Å². The van der Waals surface area contributed by atoms with Crippen molar-refractivity contribution in [2.75, 3.05) is 18.4 Å². The van der Waals surface area contributed by atoms with Gasteiger partial charge in [0.05, 0.1) is 5.92 Å². The Morgan fingerprint density at radius 3 is 2.79 bits per heavy atom. The topological polar surface area (TPSA) is 101 Å². The van der Waals surface area contributed by atoms with Crippen molar-refractivity contribution in [3.05, 3.63) is 41.4 Å². The van der Waals surface area contributed by atoms with Crippen LogP contribution in [-0.4, -0.2) is 40.0 Å². The normalized spacial score (nSPS) is 19.6. The summed E-state index contributed by atoms with van der Waals surface area (Å²) in [5.41, 5.74) is 8.06. The van der Waals surface area contributed by atoms with E-state index in [9.17, 15) is 9.59 Å². The quantitative estimate of drug-likeness (QED) is 0.853. The lowest BCUT2D eigenvalue weighted by Crippen LogP contribution is -2.46. The predicted molar refractivity (Wildman–Crippen MR) is 91.2 cm³/mol. The molecule has 1 aromatic heterocycles. The molecule has 0 aliphatic carbocycles. The van der Waals surface area contributed by atoms with Crippen molar-refractivity contribution >= 4 is 28.3 Å². The lowest BCUT2D eigenvalue weighted by Gasteiger charge is -2.36. The van der Waals surface area contributed by atoms with Crippen LogP contribution in [0.5, 0.6) is 0 Å². The third-order valence-electron chi connectivity index (χ3n) is 4.16. The monoisotopic (exact) mass is 345 g/mol. The first kappa shape index (κ1) is 16.5. The highest BCUT2D eigenvalue weighted by molar-refractivity contribution is 7.13. The Hall–Kier alpha value is -2.32. The van der Waals surface area contributed by atoms with Crippen LogP contribution in [0.1, 0.15) is 24.4 Å². The zero-order valence-corrected chi connectivity index (χ0v) is 13.9. The Balaban J connectivity index is 1.71. The van der Waals surface area contributed by atoms with Gasteiger partial charge in [-0.15, -0.1) is 10.2 Å². The number of anilines is 1. The number of piperidine rings is 1. The van der Waals surface area contributed by atoms with E-state index < -0.39 is 11.9 Å². The summed E-state index contributed by atoms with van der Waals surface area (Å²) in [6.45, 7) is 1.23. The molecular weight excluding hydrogens is 326 g/mol. The number of nitrogens with one attached hydrogen (secondary N) is 1. The minimum absolute atomic E-state index is 0.0901. The first-order chi connectivity index (χ1) is 11.6. The van der Waals surface area contributed by atoms with E-state index in [0.29, 0.717) is 11.7 Å². The Bertz CT molecular complexity index is 692. The van der Waals surface area contributed by atoms with E-state index in [0.717, 1.165) is 24.9 Å². The average Bonchev–Trinajstić information content (AvgIpc) is 3.09. The molecule has 0 unspecified atom stereocenters. The molecule has 1 aromatic carbocycles. The molecule has 2 atom stereocenters. The summed E-state index contributed by atoms with van der Waals surface area (Å²) in [5.74, 6) is -0.688. The van der Waals surface area contributed by atoms with Crippen LogP contribution in [0.4, 0.5) is 5.13 Å². The minimum Gasteiger partial charge on any atom is -0.368 e.